The molecule has 132 valence electrons. The first-order valence-electron chi connectivity index (χ1n) is 7.99. The highest BCUT2D eigenvalue weighted by Crippen LogP contribution is 2.27. The zero-order valence-corrected chi connectivity index (χ0v) is 17.0. The number of hydrogen-bond acceptors (Lipinski definition) is 3. The van der Waals surface area contributed by atoms with Gasteiger partial charge in [0.05, 0.1) is 5.56 Å². The van der Waals surface area contributed by atoms with E-state index >= 15 is 0 Å². The van der Waals surface area contributed by atoms with Gasteiger partial charge in [0, 0.05) is 26.1 Å². The normalized spacial score (nSPS) is 10.4. The molecule has 0 radical (unpaired) electrons. The minimum absolute atomic E-state index is 0.357. The molecule has 0 aromatic heterocycles. The van der Waals surface area contributed by atoms with Crippen LogP contribution in [-0.2, 0) is 13.2 Å². The Kier molecular flexibility index (Phi) is 6.47. The molecular weight excluding hydrogens is 460 g/mol. The van der Waals surface area contributed by atoms with Crippen molar-refractivity contribution in [2.24, 2.45) is 0 Å². The van der Waals surface area contributed by atoms with Gasteiger partial charge in [0.1, 0.15) is 24.7 Å². The maximum Gasteiger partial charge on any atom is 0.153 e. The van der Waals surface area contributed by atoms with Gasteiger partial charge in [0.2, 0.25) is 0 Å². The molecule has 0 bridgehead atoms. The van der Waals surface area contributed by atoms with Gasteiger partial charge in [-0.1, -0.05) is 68.3 Å². The molecule has 3 rings (SSSR count). The predicted molar refractivity (Wildman–Crippen MR) is 109 cm³/mol. The van der Waals surface area contributed by atoms with Gasteiger partial charge >= 0.3 is 0 Å². The van der Waals surface area contributed by atoms with Crippen LogP contribution in [0.5, 0.6) is 11.5 Å². The largest absolute Gasteiger partial charge is 0.489 e. The third-order valence-electron chi connectivity index (χ3n) is 3.81. The number of aldehydes is 1. The molecule has 0 saturated heterocycles. The van der Waals surface area contributed by atoms with Crippen LogP contribution in [0.2, 0.25) is 0 Å². The number of benzene rings is 3. The van der Waals surface area contributed by atoms with Crippen LogP contribution in [0.4, 0.5) is 0 Å². The van der Waals surface area contributed by atoms with Crippen molar-refractivity contribution in [3.8, 4) is 11.5 Å². The van der Waals surface area contributed by atoms with Crippen molar-refractivity contribution in [1.82, 2.24) is 0 Å². The Labute approximate surface area is 169 Å². The highest BCUT2D eigenvalue weighted by atomic mass is 79.9. The third-order valence-corrected chi connectivity index (χ3v) is 5.35. The van der Waals surface area contributed by atoms with E-state index < -0.39 is 0 Å². The van der Waals surface area contributed by atoms with Gasteiger partial charge in [-0.15, -0.1) is 0 Å². The lowest BCUT2D eigenvalue weighted by Crippen LogP contribution is -2.01. The van der Waals surface area contributed by atoms with Gasteiger partial charge in [0.25, 0.3) is 0 Å². The fraction of sp³-hybridized carbons (Fsp3) is 0.0952. The molecule has 0 aliphatic heterocycles. The average molecular weight is 476 g/mol. The molecule has 0 amide bonds. The number of ether oxygens (including phenoxy) is 2. The molecule has 3 aromatic rings. The van der Waals surface area contributed by atoms with Crippen LogP contribution >= 0.6 is 31.9 Å². The maximum absolute atomic E-state index is 11.3. The fourth-order valence-electron chi connectivity index (χ4n) is 2.37. The topological polar surface area (TPSA) is 35.5 Å². The van der Waals surface area contributed by atoms with Crippen molar-refractivity contribution in [3.63, 3.8) is 0 Å². The zero-order valence-electron chi connectivity index (χ0n) is 13.8. The Balaban J connectivity index is 1.73. The Morgan fingerprint density at radius 2 is 1.35 bits per heavy atom. The van der Waals surface area contributed by atoms with Crippen molar-refractivity contribution >= 4 is 38.1 Å². The van der Waals surface area contributed by atoms with Crippen LogP contribution < -0.4 is 9.47 Å². The highest BCUT2D eigenvalue weighted by molar-refractivity contribution is 9.10. The molecule has 3 nitrogen and oxygen atoms in total. The van der Waals surface area contributed by atoms with E-state index in [1.165, 1.54) is 0 Å². The molecule has 0 heterocycles. The van der Waals surface area contributed by atoms with Gasteiger partial charge < -0.3 is 9.47 Å². The molecule has 0 atom stereocenters. The number of carbonyl (C=O) groups excluding carboxylic acids is 1. The van der Waals surface area contributed by atoms with E-state index in [2.05, 4.69) is 31.9 Å². The van der Waals surface area contributed by atoms with Crippen LogP contribution in [0.15, 0.2) is 75.7 Å². The SMILES string of the molecule is O=Cc1ccc(OCc2ccccc2Br)cc1OCc1ccccc1Br. The van der Waals surface area contributed by atoms with E-state index in [1.54, 1.807) is 18.2 Å². The minimum atomic E-state index is 0.357. The molecule has 0 aliphatic rings. The molecule has 26 heavy (non-hydrogen) atoms. The number of carbonyl (C=O) groups is 1. The van der Waals surface area contributed by atoms with Gasteiger partial charge in [-0.25, -0.2) is 0 Å². The smallest absolute Gasteiger partial charge is 0.153 e. The summed E-state index contributed by atoms with van der Waals surface area (Å²) in [5.74, 6) is 1.15. The molecule has 0 N–H and O–H groups in total. The van der Waals surface area contributed by atoms with Gasteiger partial charge in [-0.05, 0) is 24.3 Å². The summed E-state index contributed by atoms with van der Waals surface area (Å²) < 4.78 is 13.7. The summed E-state index contributed by atoms with van der Waals surface area (Å²) in [5, 5.41) is 0. The zero-order chi connectivity index (χ0) is 18.4. The second-order valence-corrected chi connectivity index (χ2v) is 7.29. The van der Waals surface area contributed by atoms with Crippen molar-refractivity contribution in [1.29, 1.82) is 0 Å². The maximum atomic E-state index is 11.3. The van der Waals surface area contributed by atoms with Crippen LogP contribution in [0.25, 0.3) is 0 Å². The lowest BCUT2D eigenvalue weighted by Gasteiger charge is -2.13. The standard InChI is InChI=1S/C21H16Br2O3/c22-19-7-3-1-5-16(19)13-25-18-10-9-15(12-24)21(11-18)26-14-17-6-2-4-8-20(17)23/h1-12H,13-14H2. The van der Waals surface area contributed by atoms with Gasteiger partial charge in [-0.2, -0.15) is 0 Å². The van der Waals surface area contributed by atoms with Crippen LogP contribution in [0.3, 0.4) is 0 Å². The first-order valence-corrected chi connectivity index (χ1v) is 9.57. The summed E-state index contributed by atoms with van der Waals surface area (Å²) in [7, 11) is 0. The van der Waals surface area contributed by atoms with Crippen molar-refractivity contribution < 1.29 is 14.3 Å². The monoisotopic (exact) mass is 474 g/mol. The van der Waals surface area contributed by atoms with E-state index in [4.69, 9.17) is 9.47 Å². The Morgan fingerprint density at radius 3 is 1.92 bits per heavy atom. The molecule has 5 heteroatoms. The van der Waals surface area contributed by atoms with E-state index in [0.717, 1.165) is 26.4 Å². The first kappa shape index (κ1) is 18.7. The highest BCUT2D eigenvalue weighted by Gasteiger charge is 2.08. The lowest BCUT2D eigenvalue weighted by atomic mass is 10.2. The summed E-state index contributed by atoms with van der Waals surface area (Å²) in [6.45, 7) is 0.779. The number of rotatable bonds is 7. The molecule has 3 aromatic carbocycles. The van der Waals surface area contributed by atoms with Crippen molar-refractivity contribution in [2.45, 2.75) is 13.2 Å². The molecule has 0 aliphatic carbocycles. The van der Waals surface area contributed by atoms with E-state index in [1.807, 2.05) is 48.5 Å². The number of hydrogen-bond donors (Lipinski definition) is 0. The summed E-state index contributed by atoms with van der Waals surface area (Å²) in [4.78, 5) is 11.3. The van der Waals surface area contributed by atoms with Crippen LogP contribution in [-0.4, -0.2) is 6.29 Å². The second-order valence-electron chi connectivity index (χ2n) is 5.58. The predicted octanol–water partition coefficient (Wildman–Crippen LogP) is 6.18. The third kappa shape index (κ3) is 4.74. The second kappa shape index (κ2) is 9.01. The van der Waals surface area contributed by atoms with E-state index in [9.17, 15) is 4.79 Å². The van der Waals surface area contributed by atoms with Crippen molar-refractivity contribution in [2.75, 3.05) is 0 Å². The van der Waals surface area contributed by atoms with Crippen molar-refractivity contribution in [3.05, 3.63) is 92.4 Å². The van der Waals surface area contributed by atoms with E-state index in [0.29, 0.717) is 30.3 Å². The summed E-state index contributed by atoms with van der Waals surface area (Å²) in [6, 6.07) is 20.9. The van der Waals surface area contributed by atoms with E-state index in [-0.39, 0.29) is 0 Å². The van der Waals surface area contributed by atoms with Gasteiger partial charge in [0.15, 0.2) is 6.29 Å². The molecule has 0 unspecified atom stereocenters. The quantitative estimate of drug-likeness (QED) is 0.382. The molecule has 0 spiro atoms. The summed E-state index contributed by atoms with van der Waals surface area (Å²) >= 11 is 7.01. The molecule has 0 fully saturated rings. The average Bonchev–Trinajstić information content (AvgIpc) is 2.67. The number of halogens is 2. The summed E-state index contributed by atoms with van der Waals surface area (Å²) in [6.07, 6.45) is 0.785. The molecular formula is C21H16Br2O3. The first-order chi connectivity index (χ1) is 12.7. The fourth-order valence-corrected chi connectivity index (χ4v) is 3.17. The Bertz CT molecular complexity index is 909. The lowest BCUT2D eigenvalue weighted by molar-refractivity contribution is 0.111. The minimum Gasteiger partial charge on any atom is -0.489 e. The molecule has 0 saturated carbocycles. The van der Waals surface area contributed by atoms with Crippen LogP contribution in [0, 0.1) is 0 Å². The van der Waals surface area contributed by atoms with Crippen LogP contribution in [0.1, 0.15) is 21.5 Å². The Morgan fingerprint density at radius 1 is 0.769 bits per heavy atom. The van der Waals surface area contributed by atoms with Gasteiger partial charge in [-0.3, -0.25) is 4.79 Å². The Hall–Kier alpha value is -2.11. The summed E-state index contributed by atoms with van der Waals surface area (Å²) in [5.41, 5.74) is 2.54.